The third-order valence-electron chi connectivity index (χ3n) is 5.28. The van der Waals surface area contributed by atoms with Crippen LogP contribution in [0.4, 0.5) is 22.0 Å². The van der Waals surface area contributed by atoms with E-state index in [0.29, 0.717) is 0 Å². The summed E-state index contributed by atoms with van der Waals surface area (Å²) < 4.78 is 89.1. The van der Waals surface area contributed by atoms with E-state index in [-0.39, 0.29) is 46.3 Å². The first-order chi connectivity index (χ1) is 17.1. The smallest absolute Gasteiger partial charge is 0.338 e. The van der Waals surface area contributed by atoms with Gasteiger partial charge in [0, 0.05) is 5.56 Å². The van der Waals surface area contributed by atoms with E-state index in [9.17, 15) is 32.0 Å². The van der Waals surface area contributed by atoms with Gasteiger partial charge >= 0.3 is 5.97 Å². The van der Waals surface area contributed by atoms with Gasteiger partial charge in [-0.2, -0.15) is 14.0 Å². The molecule has 0 saturated carbocycles. The topological polar surface area (TPSA) is 104 Å². The van der Waals surface area contributed by atoms with Gasteiger partial charge in [-0.15, -0.1) is 0 Å². The van der Waals surface area contributed by atoms with Crippen molar-refractivity contribution < 1.29 is 45.7 Å². The molecule has 7 nitrogen and oxygen atoms in total. The molecule has 0 aromatic heterocycles. The average molecular weight is 510 g/mol. The highest BCUT2D eigenvalue weighted by Crippen LogP contribution is 2.41. The summed E-state index contributed by atoms with van der Waals surface area (Å²) in [4.78, 5) is 12.7. The molecule has 190 valence electrons. The Hall–Kier alpha value is -4.27. The molecule has 0 spiro atoms. The number of rotatable bonds is 7. The zero-order valence-corrected chi connectivity index (χ0v) is 19.2. The Kier molecular flexibility index (Phi) is 7.72. The van der Waals surface area contributed by atoms with Crippen LogP contribution in [0, 0.1) is 40.4 Å². The fourth-order valence-corrected chi connectivity index (χ4v) is 3.64. The Morgan fingerprint density at radius 3 is 2.28 bits per heavy atom. The summed E-state index contributed by atoms with van der Waals surface area (Å²) in [6.07, 6.45) is 0. The molecular formula is C24H19F5N2O5. The standard InChI is InChI=1S/C24H19F5N2O5/c1-4-34-24(32)15-10(2)36-23(31)13(8-30)16(15)11-5-6-14(33-3)12(7-11)9-35-22-20(28)18(26)17(25)19(27)21(22)29/h5-7,16H,4,9,31H2,1-3H3/t16-/m1/s1. The molecule has 12 heteroatoms. The molecule has 2 N–H and O–H groups in total. The summed E-state index contributed by atoms with van der Waals surface area (Å²) in [5.74, 6) is -14.3. The van der Waals surface area contributed by atoms with Crippen molar-refractivity contribution in [2.45, 2.75) is 26.4 Å². The molecule has 3 rings (SSSR count). The van der Waals surface area contributed by atoms with Gasteiger partial charge in [0.1, 0.15) is 29.8 Å². The maximum atomic E-state index is 14.0. The van der Waals surface area contributed by atoms with Gasteiger partial charge in [-0.3, -0.25) is 0 Å². The Labute approximate surface area is 202 Å². The molecule has 0 amide bonds. The minimum absolute atomic E-state index is 0.0144. The molecule has 0 fully saturated rings. The molecule has 0 radical (unpaired) electrons. The van der Waals surface area contributed by atoms with Crippen LogP contribution in [0.5, 0.6) is 11.5 Å². The van der Waals surface area contributed by atoms with Crippen LogP contribution in [-0.2, 0) is 20.9 Å². The summed E-state index contributed by atoms with van der Waals surface area (Å²) >= 11 is 0. The third kappa shape index (κ3) is 4.64. The first-order valence-electron chi connectivity index (χ1n) is 10.3. The van der Waals surface area contributed by atoms with E-state index < -0.39 is 53.3 Å². The van der Waals surface area contributed by atoms with Crippen LogP contribution < -0.4 is 15.2 Å². The van der Waals surface area contributed by atoms with Crippen molar-refractivity contribution in [3.05, 3.63) is 81.2 Å². The molecule has 1 heterocycles. The number of halogens is 5. The predicted octanol–water partition coefficient (Wildman–Crippen LogP) is 4.61. The fraction of sp³-hybridized carbons (Fsp3) is 0.250. The number of carbonyl (C=O) groups is 1. The number of hydrogen-bond donors (Lipinski definition) is 1. The number of hydrogen-bond acceptors (Lipinski definition) is 7. The molecule has 0 aliphatic carbocycles. The van der Waals surface area contributed by atoms with Crippen molar-refractivity contribution in [2.24, 2.45) is 5.73 Å². The highest BCUT2D eigenvalue weighted by molar-refractivity contribution is 5.92. The van der Waals surface area contributed by atoms with Crippen LogP contribution in [0.25, 0.3) is 0 Å². The lowest BCUT2D eigenvalue weighted by Crippen LogP contribution is -2.25. The summed E-state index contributed by atoms with van der Waals surface area (Å²) in [6.45, 7) is 2.38. The molecule has 1 aliphatic rings. The van der Waals surface area contributed by atoms with Crippen LogP contribution in [0.2, 0.25) is 0 Å². The molecule has 0 bridgehead atoms. The summed E-state index contributed by atoms with van der Waals surface area (Å²) in [6, 6.07) is 6.17. The number of benzene rings is 2. The molecule has 1 atom stereocenters. The summed E-state index contributed by atoms with van der Waals surface area (Å²) in [7, 11) is 1.28. The van der Waals surface area contributed by atoms with Crippen LogP contribution in [0.1, 0.15) is 30.9 Å². The molecule has 2 aromatic carbocycles. The van der Waals surface area contributed by atoms with Gasteiger partial charge in [0.25, 0.3) is 0 Å². The number of carbonyl (C=O) groups excluding carboxylic acids is 1. The molecular weight excluding hydrogens is 491 g/mol. The monoisotopic (exact) mass is 510 g/mol. The van der Waals surface area contributed by atoms with Crippen molar-refractivity contribution >= 4 is 5.97 Å². The highest BCUT2D eigenvalue weighted by Gasteiger charge is 2.36. The Morgan fingerprint density at radius 2 is 1.72 bits per heavy atom. The normalized spacial score (nSPS) is 15.4. The Balaban J connectivity index is 2.08. The van der Waals surface area contributed by atoms with Gasteiger partial charge < -0.3 is 24.7 Å². The molecule has 1 aliphatic heterocycles. The van der Waals surface area contributed by atoms with Gasteiger partial charge in [-0.25, -0.2) is 18.0 Å². The molecule has 0 unspecified atom stereocenters. The number of allylic oxidation sites excluding steroid dienone is 2. The van der Waals surface area contributed by atoms with E-state index in [1.807, 2.05) is 6.07 Å². The van der Waals surface area contributed by atoms with E-state index >= 15 is 0 Å². The summed E-state index contributed by atoms with van der Waals surface area (Å²) in [5.41, 5.74) is 6.12. The van der Waals surface area contributed by atoms with Gasteiger partial charge in [-0.05, 0) is 31.5 Å². The summed E-state index contributed by atoms with van der Waals surface area (Å²) in [5, 5.41) is 9.69. The van der Waals surface area contributed by atoms with Gasteiger partial charge in [-0.1, -0.05) is 6.07 Å². The van der Waals surface area contributed by atoms with Crippen molar-refractivity contribution in [2.75, 3.05) is 13.7 Å². The Bertz CT molecular complexity index is 1300. The highest BCUT2D eigenvalue weighted by atomic mass is 19.2. The predicted molar refractivity (Wildman–Crippen MR) is 114 cm³/mol. The number of nitriles is 1. The molecule has 36 heavy (non-hydrogen) atoms. The lowest BCUT2D eigenvalue weighted by atomic mass is 9.82. The second-order valence-corrected chi connectivity index (χ2v) is 7.37. The second-order valence-electron chi connectivity index (χ2n) is 7.37. The van der Waals surface area contributed by atoms with Crippen molar-refractivity contribution in [1.29, 1.82) is 5.26 Å². The molecule has 2 aromatic rings. The zero-order chi connectivity index (χ0) is 26.7. The van der Waals surface area contributed by atoms with E-state index in [1.165, 1.54) is 32.2 Å². The van der Waals surface area contributed by atoms with Gasteiger partial charge in [0.15, 0.2) is 5.75 Å². The van der Waals surface area contributed by atoms with Crippen LogP contribution in [-0.4, -0.2) is 19.7 Å². The van der Waals surface area contributed by atoms with Gasteiger partial charge in [0.05, 0.1) is 25.2 Å². The van der Waals surface area contributed by atoms with Gasteiger partial charge in [0.2, 0.25) is 35.0 Å². The molecule has 0 saturated heterocycles. The van der Waals surface area contributed by atoms with Crippen LogP contribution >= 0.6 is 0 Å². The maximum Gasteiger partial charge on any atom is 0.338 e. The number of esters is 1. The quantitative estimate of drug-likeness (QED) is 0.251. The zero-order valence-electron chi connectivity index (χ0n) is 19.2. The van der Waals surface area contributed by atoms with E-state index in [1.54, 1.807) is 6.92 Å². The number of ether oxygens (including phenoxy) is 4. The SMILES string of the molecule is CCOC(=O)C1=C(C)OC(N)=C(C#N)[C@H]1c1ccc(OC)c(COc2c(F)c(F)c(F)c(F)c2F)c1. The lowest BCUT2D eigenvalue weighted by Gasteiger charge is -2.27. The third-order valence-corrected chi connectivity index (χ3v) is 5.28. The largest absolute Gasteiger partial charge is 0.496 e. The van der Waals surface area contributed by atoms with E-state index in [4.69, 9.17) is 24.7 Å². The number of nitrogens with zero attached hydrogens (tertiary/aromatic N) is 1. The van der Waals surface area contributed by atoms with Crippen molar-refractivity contribution in [1.82, 2.24) is 0 Å². The van der Waals surface area contributed by atoms with E-state index in [0.717, 1.165) is 0 Å². The van der Waals surface area contributed by atoms with Crippen LogP contribution in [0.3, 0.4) is 0 Å². The minimum Gasteiger partial charge on any atom is -0.496 e. The number of nitrogens with two attached hydrogens (primary N) is 1. The number of methoxy groups -OCH3 is 1. The minimum atomic E-state index is -2.32. The first kappa shape index (κ1) is 26.3. The first-order valence-corrected chi connectivity index (χ1v) is 10.3. The van der Waals surface area contributed by atoms with E-state index in [2.05, 4.69) is 0 Å². The van der Waals surface area contributed by atoms with Crippen molar-refractivity contribution in [3.63, 3.8) is 0 Å². The Morgan fingerprint density at radius 1 is 1.11 bits per heavy atom. The van der Waals surface area contributed by atoms with Crippen LogP contribution in [0.15, 0.2) is 41.0 Å². The average Bonchev–Trinajstić information content (AvgIpc) is 2.85. The second kappa shape index (κ2) is 10.6. The lowest BCUT2D eigenvalue weighted by molar-refractivity contribution is -0.139. The maximum absolute atomic E-state index is 14.0. The fourth-order valence-electron chi connectivity index (χ4n) is 3.64. The van der Waals surface area contributed by atoms with Crippen molar-refractivity contribution in [3.8, 4) is 17.6 Å².